The first-order valence-electron chi connectivity index (χ1n) is 2.91. The van der Waals surface area contributed by atoms with E-state index in [1.165, 1.54) is 0 Å². The molecule has 8 heavy (non-hydrogen) atoms. The van der Waals surface area contributed by atoms with E-state index in [0.29, 0.717) is 6.61 Å². The molecule has 1 atom stereocenters. The lowest BCUT2D eigenvalue weighted by atomic mass is 10.4. The molecule has 0 aliphatic carbocycles. The third-order valence-electron chi connectivity index (χ3n) is 0.959. The quantitative estimate of drug-likeness (QED) is 0.549. The van der Waals surface area contributed by atoms with Crippen molar-refractivity contribution in [2.24, 2.45) is 0 Å². The van der Waals surface area contributed by atoms with Gasteiger partial charge in [-0.25, -0.2) is 0 Å². The van der Waals surface area contributed by atoms with Crippen molar-refractivity contribution < 1.29 is 9.47 Å². The summed E-state index contributed by atoms with van der Waals surface area (Å²) in [6, 6.07) is 0. The van der Waals surface area contributed by atoms with Gasteiger partial charge in [0.2, 0.25) is 0 Å². The smallest absolute Gasteiger partial charge is 0.0776 e. The Morgan fingerprint density at radius 1 is 1.50 bits per heavy atom. The van der Waals surface area contributed by atoms with E-state index < -0.39 is 0 Å². The summed E-state index contributed by atoms with van der Waals surface area (Å²) in [5.74, 6) is 0. The van der Waals surface area contributed by atoms with E-state index in [2.05, 4.69) is 0 Å². The van der Waals surface area contributed by atoms with Crippen LogP contribution in [0.1, 0.15) is 13.8 Å². The van der Waals surface area contributed by atoms with Crippen molar-refractivity contribution in [2.45, 2.75) is 20.0 Å². The summed E-state index contributed by atoms with van der Waals surface area (Å²) in [6.45, 7) is 5.43. The van der Waals surface area contributed by atoms with Gasteiger partial charge in [-0.3, -0.25) is 0 Å². The van der Waals surface area contributed by atoms with Crippen LogP contribution in [0.4, 0.5) is 0 Å². The van der Waals surface area contributed by atoms with E-state index in [0.717, 1.165) is 6.61 Å². The topological polar surface area (TPSA) is 18.5 Å². The zero-order valence-corrected chi connectivity index (χ0v) is 5.81. The fourth-order valence-corrected chi connectivity index (χ4v) is 0.352. The molecule has 50 valence electrons. The van der Waals surface area contributed by atoms with Crippen LogP contribution in [0.5, 0.6) is 0 Å². The molecule has 0 aromatic heterocycles. The van der Waals surface area contributed by atoms with E-state index >= 15 is 0 Å². The highest BCUT2D eigenvalue weighted by atomic mass is 16.5. The van der Waals surface area contributed by atoms with Crippen LogP contribution in [-0.4, -0.2) is 26.4 Å². The molecule has 0 spiro atoms. The second kappa shape index (κ2) is 5.06. The molecule has 0 aliphatic heterocycles. The molecule has 0 bridgehead atoms. The van der Waals surface area contributed by atoms with Crippen LogP contribution in [0.25, 0.3) is 0 Å². The number of hydrogen-bond acceptors (Lipinski definition) is 2. The lowest BCUT2D eigenvalue weighted by Crippen LogP contribution is -2.13. The number of methoxy groups -OCH3 is 1. The van der Waals surface area contributed by atoms with Crippen molar-refractivity contribution >= 4 is 0 Å². The van der Waals surface area contributed by atoms with E-state index in [1.54, 1.807) is 7.11 Å². The second-order valence-corrected chi connectivity index (χ2v) is 1.71. The summed E-state index contributed by atoms with van der Waals surface area (Å²) in [4.78, 5) is 0. The minimum absolute atomic E-state index is 0.231. The van der Waals surface area contributed by atoms with Crippen molar-refractivity contribution in [1.29, 1.82) is 0 Å². The Hall–Kier alpha value is -0.0800. The van der Waals surface area contributed by atoms with E-state index in [4.69, 9.17) is 9.47 Å². The van der Waals surface area contributed by atoms with Gasteiger partial charge in [0.25, 0.3) is 0 Å². The van der Waals surface area contributed by atoms with Crippen LogP contribution in [0.15, 0.2) is 0 Å². The molecule has 0 fully saturated rings. The van der Waals surface area contributed by atoms with Gasteiger partial charge >= 0.3 is 0 Å². The van der Waals surface area contributed by atoms with E-state index in [-0.39, 0.29) is 6.10 Å². The Balaban J connectivity index is 2.86. The Bertz CT molecular complexity index is 45.8. The monoisotopic (exact) mass is 118 g/mol. The molecular formula is C6H14O2. The molecule has 0 saturated carbocycles. The molecule has 0 aromatic carbocycles. The Labute approximate surface area is 50.8 Å². The summed E-state index contributed by atoms with van der Waals surface area (Å²) in [6.07, 6.45) is 0.231. The van der Waals surface area contributed by atoms with Gasteiger partial charge in [0.1, 0.15) is 0 Å². The highest BCUT2D eigenvalue weighted by Crippen LogP contribution is 1.86. The fourth-order valence-electron chi connectivity index (χ4n) is 0.352. The van der Waals surface area contributed by atoms with Gasteiger partial charge < -0.3 is 9.47 Å². The predicted molar refractivity (Wildman–Crippen MR) is 33.0 cm³/mol. The van der Waals surface area contributed by atoms with Crippen molar-refractivity contribution in [3.05, 3.63) is 0 Å². The maximum Gasteiger partial charge on any atom is 0.0776 e. The molecule has 0 saturated heterocycles. The van der Waals surface area contributed by atoms with Gasteiger partial charge in [-0.2, -0.15) is 0 Å². The van der Waals surface area contributed by atoms with Gasteiger partial charge in [0.05, 0.1) is 12.7 Å². The van der Waals surface area contributed by atoms with E-state index in [9.17, 15) is 0 Å². The minimum Gasteiger partial charge on any atom is -0.379 e. The molecule has 1 unspecified atom stereocenters. The summed E-state index contributed by atoms with van der Waals surface area (Å²) in [5, 5.41) is 0. The first-order valence-corrected chi connectivity index (χ1v) is 2.91. The average Bonchev–Trinajstić information content (AvgIpc) is 1.83. The molecule has 0 aromatic rings. The van der Waals surface area contributed by atoms with Crippen molar-refractivity contribution in [3.8, 4) is 0 Å². The molecular weight excluding hydrogens is 104 g/mol. The lowest BCUT2D eigenvalue weighted by Gasteiger charge is -2.07. The third-order valence-corrected chi connectivity index (χ3v) is 0.959. The molecule has 0 radical (unpaired) electrons. The van der Waals surface area contributed by atoms with Crippen LogP contribution in [-0.2, 0) is 9.47 Å². The van der Waals surface area contributed by atoms with E-state index in [1.807, 2.05) is 13.8 Å². The van der Waals surface area contributed by atoms with Crippen molar-refractivity contribution in [3.63, 3.8) is 0 Å². The fraction of sp³-hybridized carbons (Fsp3) is 1.00. The summed E-state index contributed by atoms with van der Waals surface area (Å²) in [7, 11) is 1.68. The molecule has 2 nitrogen and oxygen atoms in total. The first kappa shape index (κ1) is 7.92. The highest BCUT2D eigenvalue weighted by Gasteiger charge is 1.95. The lowest BCUT2D eigenvalue weighted by molar-refractivity contribution is 0.0232. The van der Waals surface area contributed by atoms with Gasteiger partial charge in [0, 0.05) is 13.7 Å². The SMILES string of the molecule is CCOCC(C)OC. The second-order valence-electron chi connectivity index (χ2n) is 1.71. The molecule has 0 rings (SSSR count). The first-order chi connectivity index (χ1) is 3.81. The van der Waals surface area contributed by atoms with Crippen LogP contribution in [0.2, 0.25) is 0 Å². The van der Waals surface area contributed by atoms with Crippen molar-refractivity contribution in [1.82, 2.24) is 0 Å². The van der Waals surface area contributed by atoms with Crippen LogP contribution < -0.4 is 0 Å². The molecule has 2 heteroatoms. The maximum absolute atomic E-state index is 5.06. The molecule has 0 heterocycles. The van der Waals surface area contributed by atoms with Crippen LogP contribution in [0.3, 0.4) is 0 Å². The van der Waals surface area contributed by atoms with Gasteiger partial charge in [-0.1, -0.05) is 0 Å². The number of rotatable bonds is 4. The van der Waals surface area contributed by atoms with Crippen LogP contribution >= 0.6 is 0 Å². The Morgan fingerprint density at radius 2 is 2.12 bits per heavy atom. The van der Waals surface area contributed by atoms with Gasteiger partial charge in [-0.05, 0) is 13.8 Å². The largest absolute Gasteiger partial charge is 0.379 e. The number of ether oxygens (including phenoxy) is 2. The predicted octanol–water partition coefficient (Wildman–Crippen LogP) is 1.06. The summed E-state index contributed by atoms with van der Waals surface area (Å²) >= 11 is 0. The summed E-state index contributed by atoms with van der Waals surface area (Å²) in [5.41, 5.74) is 0. The molecule has 0 aliphatic rings. The standard InChI is InChI=1S/C6H14O2/c1-4-8-5-6(2)7-3/h6H,4-5H2,1-3H3. The maximum atomic E-state index is 5.06. The minimum atomic E-state index is 0.231. The zero-order valence-electron chi connectivity index (χ0n) is 5.81. The molecule has 0 amide bonds. The Morgan fingerprint density at radius 3 is 2.50 bits per heavy atom. The summed E-state index contributed by atoms with van der Waals surface area (Å²) < 4.78 is 9.99. The Kier molecular flexibility index (Phi) is 5.01. The normalized spacial score (nSPS) is 13.9. The average molecular weight is 118 g/mol. The zero-order chi connectivity index (χ0) is 6.41. The highest BCUT2D eigenvalue weighted by molar-refractivity contribution is 4.42. The van der Waals surface area contributed by atoms with Crippen molar-refractivity contribution in [2.75, 3.05) is 20.3 Å². The van der Waals surface area contributed by atoms with Crippen LogP contribution in [0, 0.1) is 0 Å². The third kappa shape index (κ3) is 4.09. The van der Waals surface area contributed by atoms with Gasteiger partial charge in [-0.15, -0.1) is 0 Å². The number of hydrogen-bond donors (Lipinski definition) is 0. The van der Waals surface area contributed by atoms with Gasteiger partial charge in [0.15, 0.2) is 0 Å². The molecule has 0 N–H and O–H groups in total.